The van der Waals surface area contributed by atoms with Crippen LogP contribution in [0.4, 0.5) is 0 Å². The van der Waals surface area contributed by atoms with Crippen LogP contribution in [0.5, 0.6) is 0 Å². The predicted octanol–water partition coefficient (Wildman–Crippen LogP) is 1.56. The van der Waals surface area contributed by atoms with Gasteiger partial charge in [0, 0.05) is 19.0 Å². The third-order valence-corrected chi connectivity index (χ3v) is 4.16. The molecule has 4 nitrogen and oxygen atoms in total. The highest BCUT2D eigenvalue weighted by Crippen LogP contribution is 2.35. The molecule has 0 saturated carbocycles. The van der Waals surface area contributed by atoms with E-state index >= 15 is 0 Å². The lowest BCUT2D eigenvalue weighted by Gasteiger charge is -2.33. The average molecular weight is 283 g/mol. The van der Waals surface area contributed by atoms with Crippen LogP contribution in [0.25, 0.3) is 6.08 Å². The zero-order valence-electron chi connectivity index (χ0n) is 11.6. The van der Waals surface area contributed by atoms with Crippen LogP contribution in [0, 0.1) is 0 Å². The van der Waals surface area contributed by atoms with E-state index in [-0.39, 0.29) is 18.1 Å². The van der Waals surface area contributed by atoms with E-state index in [1.165, 1.54) is 18.2 Å². The minimum Gasteiger partial charge on any atom is -0.384 e. The summed E-state index contributed by atoms with van der Waals surface area (Å²) < 4.78 is 0. The van der Waals surface area contributed by atoms with Crippen molar-refractivity contribution in [2.24, 2.45) is 0 Å². The van der Waals surface area contributed by atoms with Crippen molar-refractivity contribution in [1.29, 1.82) is 0 Å². The van der Waals surface area contributed by atoms with Crippen LogP contribution in [-0.2, 0) is 9.59 Å². The number of likely N-dealkylation sites (tertiary alicyclic amines) is 1. The van der Waals surface area contributed by atoms with E-state index in [2.05, 4.69) is 0 Å². The second-order valence-corrected chi connectivity index (χ2v) is 5.54. The lowest BCUT2D eigenvalue weighted by molar-refractivity contribution is -0.130. The fraction of sp³-hybridized carbons (Fsp3) is 0.294. The maximum atomic E-state index is 12.3. The Hall–Kier alpha value is -2.20. The SMILES string of the molecule is O=C1C=C[C@]2(O)CCN(C(=O)/C=C/c3ccccc3)[C@H]2C1. The van der Waals surface area contributed by atoms with Gasteiger partial charge < -0.3 is 10.0 Å². The van der Waals surface area contributed by atoms with Crippen molar-refractivity contribution in [2.75, 3.05) is 6.54 Å². The van der Waals surface area contributed by atoms with E-state index in [4.69, 9.17) is 0 Å². The number of allylic oxidation sites excluding steroid dienone is 1. The van der Waals surface area contributed by atoms with Gasteiger partial charge in [-0.15, -0.1) is 0 Å². The molecule has 1 aliphatic heterocycles. The number of amides is 1. The number of benzene rings is 1. The van der Waals surface area contributed by atoms with Crippen LogP contribution in [0.3, 0.4) is 0 Å². The molecule has 108 valence electrons. The van der Waals surface area contributed by atoms with Crippen molar-refractivity contribution in [1.82, 2.24) is 4.90 Å². The summed E-state index contributed by atoms with van der Waals surface area (Å²) in [7, 11) is 0. The summed E-state index contributed by atoms with van der Waals surface area (Å²) in [6.07, 6.45) is 6.89. The fourth-order valence-electron chi connectivity index (χ4n) is 2.96. The standard InChI is InChI=1S/C17H17NO3/c19-14-8-9-17(21)10-11-18(15(17)12-14)16(20)7-6-13-4-2-1-3-5-13/h1-9,15,21H,10-12H2/b7-6+/t15-,17-/m0/s1. The number of carbonyl (C=O) groups excluding carboxylic acids is 2. The number of carbonyl (C=O) groups is 2. The van der Waals surface area contributed by atoms with Gasteiger partial charge in [0.25, 0.3) is 0 Å². The molecule has 2 aliphatic rings. The highest BCUT2D eigenvalue weighted by molar-refractivity contribution is 5.95. The summed E-state index contributed by atoms with van der Waals surface area (Å²) >= 11 is 0. The smallest absolute Gasteiger partial charge is 0.246 e. The van der Waals surface area contributed by atoms with Gasteiger partial charge in [-0.05, 0) is 30.2 Å². The van der Waals surface area contributed by atoms with E-state index in [0.717, 1.165) is 5.56 Å². The normalized spacial score (nSPS) is 28.1. The first-order chi connectivity index (χ1) is 10.1. The van der Waals surface area contributed by atoms with E-state index < -0.39 is 11.6 Å². The van der Waals surface area contributed by atoms with E-state index in [0.29, 0.717) is 13.0 Å². The number of hydrogen-bond acceptors (Lipinski definition) is 3. The molecule has 2 atom stereocenters. The summed E-state index contributed by atoms with van der Waals surface area (Å²) in [6.45, 7) is 0.469. The fourth-order valence-corrected chi connectivity index (χ4v) is 2.96. The Labute approximate surface area is 123 Å². The molecule has 3 rings (SSSR count). The van der Waals surface area contributed by atoms with E-state index in [9.17, 15) is 14.7 Å². The summed E-state index contributed by atoms with van der Waals surface area (Å²) in [5.74, 6) is -0.209. The highest BCUT2D eigenvalue weighted by Gasteiger charge is 2.48. The second kappa shape index (κ2) is 5.30. The molecule has 0 spiro atoms. The molecule has 4 heteroatoms. The number of rotatable bonds is 2. The number of ketones is 1. The van der Waals surface area contributed by atoms with Crippen LogP contribution in [0.1, 0.15) is 18.4 Å². The van der Waals surface area contributed by atoms with Crippen LogP contribution in [0.2, 0.25) is 0 Å². The lowest BCUT2D eigenvalue weighted by Crippen LogP contribution is -2.48. The molecule has 1 heterocycles. The second-order valence-electron chi connectivity index (χ2n) is 5.54. The molecule has 21 heavy (non-hydrogen) atoms. The van der Waals surface area contributed by atoms with Crippen molar-refractivity contribution < 1.29 is 14.7 Å². The van der Waals surface area contributed by atoms with Gasteiger partial charge in [0.1, 0.15) is 5.60 Å². The Balaban J connectivity index is 1.76. The van der Waals surface area contributed by atoms with Crippen molar-refractivity contribution in [3.8, 4) is 0 Å². The molecule has 1 amide bonds. The minimum absolute atomic E-state index is 0.0450. The molecule has 1 N–H and O–H groups in total. The van der Waals surface area contributed by atoms with Gasteiger partial charge in [0.2, 0.25) is 5.91 Å². The Bertz CT molecular complexity index is 620. The Kier molecular flexibility index (Phi) is 3.47. The van der Waals surface area contributed by atoms with Crippen molar-refractivity contribution >= 4 is 17.8 Å². The van der Waals surface area contributed by atoms with Crippen molar-refractivity contribution in [3.05, 3.63) is 54.1 Å². The van der Waals surface area contributed by atoms with Crippen LogP contribution in [0.15, 0.2) is 48.6 Å². The Morgan fingerprint density at radius 3 is 2.86 bits per heavy atom. The largest absolute Gasteiger partial charge is 0.384 e. The molecule has 0 bridgehead atoms. The zero-order chi connectivity index (χ0) is 14.9. The van der Waals surface area contributed by atoms with Crippen LogP contribution < -0.4 is 0 Å². The third-order valence-electron chi connectivity index (χ3n) is 4.16. The van der Waals surface area contributed by atoms with Gasteiger partial charge in [0.05, 0.1) is 6.04 Å². The topological polar surface area (TPSA) is 57.6 Å². The van der Waals surface area contributed by atoms with Crippen LogP contribution in [-0.4, -0.2) is 39.9 Å². The molecule has 1 aromatic rings. The quantitative estimate of drug-likeness (QED) is 0.838. The molecule has 0 aromatic heterocycles. The van der Waals surface area contributed by atoms with Gasteiger partial charge >= 0.3 is 0 Å². The third kappa shape index (κ3) is 2.67. The number of hydrogen-bond donors (Lipinski definition) is 1. The molecular formula is C17H17NO3. The summed E-state index contributed by atoms with van der Waals surface area (Å²) in [4.78, 5) is 25.5. The van der Waals surface area contributed by atoms with Crippen molar-refractivity contribution in [2.45, 2.75) is 24.5 Å². The number of fused-ring (bicyclic) bond motifs is 1. The Morgan fingerprint density at radius 2 is 2.10 bits per heavy atom. The minimum atomic E-state index is -1.05. The molecule has 1 aromatic carbocycles. The zero-order valence-corrected chi connectivity index (χ0v) is 11.6. The van der Waals surface area contributed by atoms with Gasteiger partial charge in [0.15, 0.2) is 5.78 Å². The maximum absolute atomic E-state index is 12.3. The molecule has 0 radical (unpaired) electrons. The van der Waals surface area contributed by atoms with Crippen LogP contribution >= 0.6 is 0 Å². The Morgan fingerprint density at radius 1 is 1.33 bits per heavy atom. The summed E-state index contributed by atoms with van der Waals surface area (Å²) in [5.41, 5.74) is -0.107. The van der Waals surface area contributed by atoms with E-state index in [1.807, 2.05) is 30.3 Å². The molecule has 0 unspecified atom stereocenters. The first-order valence-electron chi connectivity index (χ1n) is 7.07. The summed E-state index contributed by atoms with van der Waals surface area (Å²) in [6, 6.07) is 9.11. The molecule has 1 aliphatic carbocycles. The average Bonchev–Trinajstić information content (AvgIpc) is 2.83. The van der Waals surface area contributed by atoms with E-state index in [1.54, 1.807) is 11.0 Å². The predicted molar refractivity (Wildman–Crippen MR) is 79.3 cm³/mol. The molecule has 1 saturated heterocycles. The monoisotopic (exact) mass is 283 g/mol. The van der Waals surface area contributed by atoms with Gasteiger partial charge in [-0.3, -0.25) is 9.59 Å². The van der Waals surface area contributed by atoms with Gasteiger partial charge in [-0.2, -0.15) is 0 Å². The van der Waals surface area contributed by atoms with Gasteiger partial charge in [-0.25, -0.2) is 0 Å². The van der Waals surface area contributed by atoms with Crippen molar-refractivity contribution in [3.63, 3.8) is 0 Å². The first-order valence-corrected chi connectivity index (χ1v) is 7.07. The number of aliphatic hydroxyl groups is 1. The maximum Gasteiger partial charge on any atom is 0.246 e. The molecular weight excluding hydrogens is 266 g/mol. The van der Waals surface area contributed by atoms with Gasteiger partial charge in [-0.1, -0.05) is 30.3 Å². The molecule has 1 fully saturated rings. The number of nitrogens with zero attached hydrogens (tertiary/aromatic N) is 1. The highest BCUT2D eigenvalue weighted by atomic mass is 16.3. The lowest BCUT2D eigenvalue weighted by atomic mass is 9.86. The first kappa shape index (κ1) is 13.8. The summed E-state index contributed by atoms with van der Waals surface area (Å²) in [5, 5.41) is 10.5.